The van der Waals surface area contributed by atoms with E-state index < -0.39 is 0 Å². The average molecular weight is 284 g/mol. The Hall–Kier alpha value is -1.30. The topological polar surface area (TPSA) is 96.3 Å². The molecule has 0 aliphatic heterocycles. The van der Waals surface area contributed by atoms with Gasteiger partial charge >= 0.3 is 5.97 Å². The van der Waals surface area contributed by atoms with Gasteiger partial charge in [0.2, 0.25) is 0 Å². The molecule has 1 rings (SSSR count). The lowest BCUT2D eigenvalue weighted by atomic mass is 9.92. The fraction of sp³-hybridized carbons (Fsp3) is 0.923. The van der Waals surface area contributed by atoms with Gasteiger partial charge in [-0.3, -0.25) is 4.79 Å². The number of carbonyl (C=O) groups excluding carboxylic acids is 1. The van der Waals surface area contributed by atoms with Gasteiger partial charge in [0.1, 0.15) is 0 Å². The maximum Gasteiger partial charge on any atom is 0.307 e. The van der Waals surface area contributed by atoms with Crippen molar-refractivity contribution in [1.29, 1.82) is 0 Å². The monoisotopic (exact) mass is 284 g/mol. The third kappa shape index (κ3) is 7.33. The Labute approximate surface area is 119 Å². The summed E-state index contributed by atoms with van der Waals surface area (Å²) in [5.74, 6) is -0.236. The van der Waals surface area contributed by atoms with Gasteiger partial charge in [-0.2, -0.15) is 0 Å². The van der Waals surface area contributed by atoms with Crippen LogP contribution < -0.4 is 5.32 Å². The lowest BCUT2D eigenvalue weighted by Gasteiger charge is -2.26. The highest BCUT2D eigenvalue weighted by Gasteiger charge is 2.19. The van der Waals surface area contributed by atoms with Crippen molar-refractivity contribution in [1.82, 2.24) is 5.32 Å². The van der Waals surface area contributed by atoms with Crippen LogP contribution in [0.15, 0.2) is 5.11 Å². The van der Waals surface area contributed by atoms with Crippen molar-refractivity contribution in [3.05, 3.63) is 10.4 Å². The standard InChI is InChI=1S/C13H24N4O3/c1-19-13(18)7-10-20-9-2-8-15-11-3-5-12(6-4-11)16-17-14/h11-12,15H,2-10H2,1H3/t11-,12+. The van der Waals surface area contributed by atoms with Crippen LogP contribution >= 0.6 is 0 Å². The molecule has 114 valence electrons. The maximum absolute atomic E-state index is 10.8. The minimum Gasteiger partial charge on any atom is -0.469 e. The number of rotatable bonds is 9. The number of hydrogen-bond donors (Lipinski definition) is 1. The SMILES string of the molecule is COC(=O)CCOCCCN[C@H]1CC[C@@H](N=[N+]=[N-])CC1. The van der Waals surface area contributed by atoms with Crippen molar-refractivity contribution in [2.75, 3.05) is 26.9 Å². The molecular weight excluding hydrogens is 260 g/mol. The lowest BCUT2D eigenvalue weighted by Crippen LogP contribution is -2.35. The van der Waals surface area contributed by atoms with Crippen molar-refractivity contribution < 1.29 is 14.3 Å². The summed E-state index contributed by atoms with van der Waals surface area (Å²) in [4.78, 5) is 13.7. The Balaban J connectivity index is 1.92. The number of nitrogens with one attached hydrogen (secondary N) is 1. The lowest BCUT2D eigenvalue weighted by molar-refractivity contribution is -0.141. The number of esters is 1. The van der Waals surface area contributed by atoms with Gasteiger partial charge in [-0.05, 0) is 44.2 Å². The molecule has 0 aromatic rings. The van der Waals surface area contributed by atoms with Crippen LogP contribution in [0.1, 0.15) is 38.5 Å². The molecule has 0 radical (unpaired) electrons. The molecule has 1 aliphatic rings. The molecule has 0 amide bonds. The van der Waals surface area contributed by atoms with Crippen molar-refractivity contribution >= 4 is 5.97 Å². The molecule has 0 heterocycles. The highest BCUT2D eigenvalue weighted by atomic mass is 16.5. The Morgan fingerprint density at radius 2 is 2.10 bits per heavy atom. The Kier molecular flexibility index (Phi) is 8.78. The molecule has 0 atom stereocenters. The van der Waals surface area contributed by atoms with E-state index in [2.05, 4.69) is 20.1 Å². The quantitative estimate of drug-likeness (QED) is 0.231. The second-order valence-corrected chi connectivity index (χ2v) is 4.96. The van der Waals surface area contributed by atoms with E-state index in [4.69, 9.17) is 10.3 Å². The second-order valence-electron chi connectivity index (χ2n) is 4.96. The summed E-state index contributed by atoms with van der Waals surface area (Å²) in [6, 6.07) is 0.704. The van der Waals surface area contributed by atoms with Gasteiger partial charge < -0.3 is 14.8 Å². The average Bonchev–Trinajstić information content (AvgIpc) is 2.48. The zero-order valence-corrected chi connectivity index (χ0v) is 12.1. The first kappa shape index (κ1) is 16.8. The molecule has 7 heteroatoms. The zero-order valence-electron chi connectivity index (χ0n) is 12.1. The number of methoxy groups -OCH3 is 1. The van der Waals surface area contributed by atoms with Crippen LogP contribution in [0.25, 0.3) is 10.4 Å². The molecule has 0 bridgehead atoms. The first-order valence-corrected chi connectivity index (χ1v) is 7.18. The molecule has 1 N–H and O–H groups in total. The number of carbonyl (C=O) groups is 1. The number of hydrogen-bond acceptors (Lipinski definition) is 5. The molecule has 20 heavy (non-hydrogen) atoms. The Morgan fingerprint density at radius 1 is 1.35 bits per heavy atom. The fourth-order valence-corrected chi connectivity index (χ4v) is 2.31. The first-order chi connectivity index (χ1) is 9.76. The fourth-order valence-electron chi connectivity index (χ4n) is 2.31. The number of nitrogens with zero attached hydrogens (tertiary/aromatic N) is 3. The van der Waals surface area contributed by atoms with Gasteiger partial charge in [0.25, 0.3) is 0 Å². The summed E-state index contributed by atoms with van der Waals surface area (Å²) < 4.78 is 9.87. The summed E-state index contributed by atoms with van der Waals surface area (Å²) in [5.41, 5.74) is 8.38. The zero-order chi connectivity index (χ0) is 14.6. The van der Waals surface area contributed by atoms with Crippen LogP contribution in [0.3, 0.4) is 0 Å². The van der Waals surface area contributed by atoms with E-state index in [9.17, 15) is 4.79 Å². The van der Waals surface area contributed by atoms with E-state index >= 15 is 0 Å². The van der Waals surface area contributed by atoms with Crippen molar-refractivity contribution in [3.8, 4) is 0 Å². The molecule has 0 unspecified atom stereocenters. The summed E-state index contributed by atoms with van der Waals surface area (Å²) >= 11 is 0. The number of ether oxygens (including phenoxy) is 2. The molecule has 0 aromatic carbocycles. The van der Waals surface area contributed by atoms with Gasteiger partial charge in [-0.1, -0.05) is 5.11 Å². The normalized spacial score (nSPS) is 22.1. The van der Waals surface area contributed by atoms with Crippen LogP contribution in [-0.2, 0) is 14.3 Å². The van der Waals surface area contributed by atoms with E-state index in [0.29, 0.717) is 25.7 Å². The highest BCUT2D eigenvalue weighted by Crippen LogP contribution is 2.21. The summed E-state index contributed by atoms with van der Waals surface area (Å²) in [5, 5.41) is 7.25. The third-order valence-corrected chi connectivity index (χ3v) is 3.49. The molecule has 1 aliphatic carbocycles. The van der Waals surface area contributed by atoms with Crippen molar-refractivity contribution in [2.45, 2.75) is 50.6 Å². The highest BCUT2D eigenvalue weighted by molar-refractivity contribution is 5.69. The van der Waals surface area contributed by atoms with Gasteiger partial charge in [-0.15, -0.1) is 0 Å². The number of azide groups is 1. The minimum absolute atomic E-state index is 0.180. The Bertz CT molecular complexity index is 324. The smallest absolute Gasteiger partial charge is 0.307 e. The van der Waals surface area contributed by atoms with E-state index in [-0.39, 0.29) is 12.0 Å². The van der Waals surface area contributed by atoms with E-state index in [1.165, 1.54) is 7.11 Å². The molecule has 7 nitrogen and oxygen atoms in total. The molecule has 1 saturated carbocycles. The van der Waals surface area contributed by atoms with E-state index in [0.717, 1.165) is 38.6 Å². The van der Waals surface area contributed by atoms with Gasteiger partial charge in [0.05, 0.1) is 20.1 Å². The van der Waals surface area contributed by atoms with Crippen molar-refractivity contribution in [3.63, 3.8) is 0 Å². The molecule has 0 saturated heterocycles. The second kappa shape index (κ2) is 10.5. The summed E-state index contributed by atoms with van der Waals surface area (Å²) in [7, 11) is 1.38. The predicted octanol–water partition coefficient (Wildman–Crippen LogP) is 2.17. The van der Waals surface area contributed by atoms with Crippen LogP contribution in [-0.4, -0.2) is 44.9 Å². The van der Waals surface area contributed by atoms with Gasteiger partial charge in [-0.25, -0.2) is 0 Å². The van der Waals surface area contributed by atoms with E-state index in [1.807, 2.05) is 0 Å². The third-order valence-electron chi connectivity index (χ3n) is 3.49. The van der Waals surface area contributed by atoms with Crippen LogP contribution in [0, 0.1) is 0 Å². The minimum atomic E-state index is -0.236. The molecule has 0 spiro atoms. The molecular formula is C13H24N4O3. The van der Waals surface area contributed by atoms with Crippen LogP contribution in [0.2, 0.25) is 0 Å². The summed E-state index contributed by atoms with van der Waals surface area (Å²) in [6.45, 7) is 1.98. The van der Waals surface area contributed by atoms with Gasteiger partial charge in [0.15, 0.2) is 0 Å². The molecule has 1 fully saturated rings. The van der Waals surface area contributed by atoms with Crippen molar-refractivity contribution in [2.24, 2.45) is 5.11 Å². The summed E-state index contributed by atoms with van der Waals surface area (Å²) in [6.07, 6.45) is 5.30. The largest absolute Gasteiger partial charge is 0.469 e. The van der Waals surface area contributed by atoms with Gasteiger partial charge in [0, 0.05) is 23.6 Å². The maximum atomic E-state index is 10.8. The van der Waals surface area contributed by atoms with E-state index in [1.54, 1.807) is 0 Å². The predicted molar refractivity (Wildman–Crippen MR) is 75.3 cm³/mol. The van der Waals surface area contributed by atoms with Crippen LogP contribution in [0.4, 0.5) is 0 Å². The first-order valence-electron chi connectivity index (χ1n) is 7.18. The molecule has 0 aromatic heterocycles. The van der Waals surface area contributed by atoms with Crippen LogP contribution in [0.5, 0.6) is 0 Å². The Morgan fingerprint density at radius 3 is 2.75 bits per heavy atom.